The van der Waals surface area contributed by atoms with Crippen LogP contribution >= 0.6 is 15.9 Å². The van der Waals surface area contributed by atoms with Crippen LogP contribution in [0, 0.1) is 17.8 Å². The Morgan fingerprint density at radius 3 is 1.70 bits per heavy atom. The molecule has 0 amide bonds. The second kappa shape index (κ2) is 5.17. The van der Waals surface area contributed by atoms with E-state index in [0.717, 1.165) is 23.1 Å². The summed E-state index contributed by atoms with van der Waals surface area (Å²) in [5.74, 6) is 2.52. The third kappa shape index (κ3) is 4.32. The number of hydrogen-bond acceptors (Lipinski definition) is 0. The van der Waals surface area contributed by atoms with Crippen molar-refractivity contribution in [2.45, 2.75) is 34.1 Å². The number of halogens is 1. The molecule has 1 unspecified atom stereocenters. The summed E-state index contributed by atoms with van der Waals surface area (Å²) >= 11 is 3.54. The highest BCUT2D eigenvalue weighted by Crippen LogP contribution is 2.21. The van der Waals surface area contributed by atoms with Crippen molar-refractivity contribution in [2.75, 3.05) is 5.33 Å². The fourth-order valence-electron chi connectivity index (χ4n) is 1.12. The van der Waals surface area contributed by atoms with Gasteiger partial charge in [0.1, 0.15) is 0 Å². The summed E-state index contributed by atoms with van der Waals surface area (Å²) in [6, 6.07) is 0. The highest BCUT2D eigenvalue weighted by atomic mass is 79.9. The van der Waals surface area contributed by atoms with Crippen LogP contribution in [-0.4, -0.2) is 5.33 Å². The van der Waals surface area contributed by atoms with Gasteiger partial charge in [-0.1, -0.05) is 43.6 Å². The van der Waals surface area contributed by atoms with Crippen molar-refractivity contribution in [3.8, 4) is 0 Å². The molecule has 0 saturated carbocycles. The first-order chi connectivity index (χ1) is 4.57. The second-order valence-electron chi connectivity index (χ2n) is 3.79. The van der Waals surface area contributed by atoms with E-state index in [1.807, 2.05) is 0 Å². The number of alkyl halides is 1. The van der Waals surface area contributed by atoms with E-state index in [9.17, 15) is 0 Å². The molecule has 0 radical (unpaired) electrons. The van der Waals surface area contributed by atoms with Gasteiger partial charge < -0.3 is 0 Å². The quantitative estimate of drug-likeness (QED) is 0.616. The molecule has 0 aliphatic rings. The highest BCUT2D eigenvalue weighted by molar-refractivity contribution is 9.09. The van der Waals surface area contributed by atoms with E-state index in [1.54, 1.807) is 0 Å². The van der Waals surface area contributed by atoms with Crippen molar-refractivity contribution in [3.63, 3.8) is 0 Å². The molecular formula is C9H19Br. The molecule has 0 spiro atoms. The lowest BCUT2D eigenvalue weighted by Gasteiger charge is -2.19. The standard InChI is InChI=1S/C9H19Br/c1-7(2)5-9(6-10)8(3)4/h7-9H,5-6H2,1-4H3. The molecule has 0 rings (SSSR count). The Morgan fingerprint density at radius 1 is 1.10 bits per heavy atom. The first kappa shape index (κ1) is 10.5. The first-order valence-electron chi connectivity index (χ1n) is 4.13. The van der Waals surface area contributed by atoms with E-state index < -0.39 is 0 Å². The van der Waals surface area contributed by atoms with Crippen LogP contribution in [-0.2, 0) is 0 Å². The van der Waals surface area contributed by atoms with Gasteiger partial charge >= 0.3 is 0 Å². The molecule has 1 heteroatoms. The van der Waals surface area contributed by atoms with E-state index in [2.05, 4.69) is 43.6 Å². The summed E-state index contributed by atoms with van der Waals surface area (Å²) in [7, 11) is 0. The molecule has 10 heavy (non-hydrogen) atoms. The molecule has 0 bridgehead atoms. The third-order valence-electron chi connectivity index (χ3n) is 1.92. The van der Waals surface area contributed by atoms with Crippen molar-refractivity contribution in [1.82, 2.24) is 0 Å². The zero-order valence-electron chi connectivity index (χ0n) is 7.52. The van der Waals surface area contributed by atoms with Gasteiger partial charge in [-0.15, -0.1) is 0 Å². The van der Waals surface area contributed by atoms with Crippen LogP contribution in [0.2, 0.25) is 0 Å². The SMILES string of the molecule is CC(C)CC(CBr)C(C)C. The van der Waals surface area contributed by atoms with E-state index in [1.165, 1.54) is 6.42 Å². The maximum Gasteiger partial charge on any atom is 0.00622 e. The molecule has 1 atom stereocenters. The second-order valence-corrected chi connectivity index (χ2v) is 4.44. The minimum absolute atomic E-state index is 0.821. The minimum atomic E-state index is 0.821. The summed E-state index contributed by atoms with van der Waals surface area (Å²) < 4.78 is 0. The summed E-state index contributed by atoms with van der Waals surface area (Å²) in [6.07, 6.45) is 1.35. The predicted molar refractivity (Wildman–Crippen MR) is 51.6 cm³/mol. The minimum Gasteiger partial charge on any atom is -0.0925 e. The monoisotopic (exact) mass is 206 g/mol. The normalized spacial score (nSPS) is 14.7. The van der Waals surface area contributed by atoms with Crippen LogP contribution in [0.3, 0.4) is 0 Å². The summed E-state index contributed by atoms with van der Waals surface area (Å²) in [6.45, 7) is 9.18. The van der Waals surface area contributed by atoms with Gasteiger partial charge in [0.05, 0.1) is 0 Å². The zero-order chi connectivity index (χ0) is 8.15. The van der Waals surface area contributed by atoms with Crippen molar-refractivity contribution in [3.05, 3.63) is 0 Å². The highest BCUT2D eigenvalue weighted by Gasteiger charge is 2.12. The van der Waals surface area contributed by atoms with Crippen LogP contribution in [0.25, 0.3) is 0 Å². The molecule has 0 aromatic carbocycles. The van der Waals surface area contributed by atoms with E-state index in [4.69, 9.17) is 0 Å². The maximum atomic E-state index is 3.54. The average molecular weight is 207 g/mol. The molecule has 0 saturated heterocycles. The van der Waals surface area contributed by atoms with Crippen LogP contribution in [0.15, 0.2) is 0 Å². The smallest absolute Gasteiger partial charge is 0.00622 e. The Labute approximate surface area is 73.5 Å². The van der Waals surface area contributed by atoms with Crippen LogP contribution in [0.5, 0.6) is 0 Å². The lowest BCUT2D eigenvalue weighted by atomic mass is 9.89. The Morgan fingerprint density at radius 2 is 1.60 bits per heavy atom. The molecule has 0 aliphatic heterocycles. The number of hydrogen-bond donors (Lipinski definition) is 0. The molecule has 0 nitrogen and oxygen atoms in total. The average Bonchev–Trinajstić information content (AvgIpc) is 1.81. The zero-order valence-corrected chi connectivity index (χ0v) is 9.11. The Hall–Kier alpha value is 0.480. The Balaban J connectivity index is 3.60. The van der Waals surface area contributed by atoms with Crippen LogP contribution < -0.4 is 0 Å². The van der Waals surface area contributed by atoms with Gasteiger partial charge in [0.25, 0.3) is 0 Å². The molecule has 0 aromatic rings. The molecule has 0 aliphatic carbocycles. The lowest BCUT2D eigenvalue weighted by molar-refractivity contribution is 0.352. The van der Waals surface area contributed by atoms with Crippen molar-refractivity contribution < 1.29 is 0 Å². The topological polar surface area (TPSA) is 0 Å². The van der Waals surface area contributed by atoms with Gasteiger partial charge in [-0.3, -0.25) is 0 Å². The van der Waals surface area contributed by atoms with Gasteiger partial charge in [0, 0.05) is 5.33 Å². The van der Waals surface area contributed by atoms with Crippen molar-refractivity contribution in [1.29, 1.82) is 0 Å². The molecule has 0 N–H and O–H groups in total. The Kier molecular flexibility index (Phi) is 5.42. The molecule has 0 heterocycles. The molecular weight excluding hydrogens is 188 g/mol. The van der Waals surface area contributed by atoms with Crippen LogP contribution in [0.1, 0.15) is 34.1 Å². The molecule has 0 aromatic heterocycles. The van der Waals surface area contributed by atoms with Crippen molar-refractivity contribution >= 4 is 15.9 Å². The third-order valence-corrected chi connectivity index (χ3v) is 2.75. The molecule has 62 valence electrons. The van der Waals surface area contributed by atoms with E-state index in [-0.39, 0.29) is 0 Å². The van der Waals surface area contributed by atoms with Crippen molar-refractivity contribution in [2.24, 2.45) is 17.8 Å². The van der Waals surface area contributed by atoms with Gasteiger partial charge in [0.15, 0.2) is 0 Å². The van der Waals surface area contributed by atoms with E-state index >= 15 is 0 Å². The Bertz CT molecular complexity index is 76.8. The fourth-order valence-corrected chi connectivity index (χ4v) is 2.13. The van der Waals surface area contributed by atoms with Gasteiger partial charge in [0.2, 0.25) is 0 Å². The first-order valence-corrected chi connectivity index (χ1v) is 5.26. The van der Waals surface area contributed by atoms with Gasteiger partial charge in [-0.2, -0.15) is 0 Å². The summed E-state index contributed by atoms with van der Waals surface area (Å²) in [4.78, 5) is 0. The fraction of sp³-hybridized carbons (Fsp3) is 1.00. The summed E-state index contributed by atoms with van der Waals surface area (Å²) in [5, 5.41) is 1.16. The van der Waals surface area contributed by atoms with Gasteiger partial charge in [-0.05, 0) is 24.2 Å². The largest absolute Gasteiger partial charge is 0.0925 e. The van der Waals surface area contributed by atoms with Gasteiger partial charge in [-0.25, -0.2) is 0 Å². The molecule has 0 fully saturated rings. The summed E-state index contributed by atoms with van der Waals surface area (Å²) in [5.41, 5.74) is 0. The van der Waals surface area contributed by atoms with E-state index in [0.29, 0.717) is 0 Å². The maximum absolute atomic E-state index is 3.54. The predicted octanol–water partition coefficient (Wildman–Crippen LogP) is 3.70. The number of rotatable bonds is 4. The van der Waals surface area contributed by atoms with Crippen LogP contribution in [0.4, 0.5) is 0 Å². The lowest BCUT2D eigenvalue weighted by Crippen LogP contribution is -2.12.